The molecule has 2 aromatic rings. The molecule has 0 bridgehead atoms. The van der Waals surface area contributed by atoms with Crippen LogP contribution in [0.1, 0.15) is 30.9 Å². The zero-order valence-corrected chi connectivity index (χ0v) is 15.1. The predicted octanol–water partition coefficient (Wildman–Crippen LogP) is 3.07. The second kappa shape index (κ2) is 7.41. The normalized spacial score (nSPS) is 19.7. The number of amides is 2. The molecule has 1 aliphatic rings. The van der Waals surface area contributed by atoms with Crippen LogP contribution in [0.2, 0.25) is 5.02 Å². The Hall–Kier alpha value is -2.47. The van der Waals surface area contributed by atoms with Gasteiger partial charge in [-0.15, -0.1) is 0 Å². The molecule has 0 unspecified atom stereocenters. The van der Waals surface area contributed by atoms with Gasteiger partial charge in [0.05, 0.1) is 0 Å². The van der Waals surface area contributed by atoms with E-state index in [0.717, 1.165) is 5.56 Å². The van der Waals surface area contributed by atoms with E-state index in [0.29, 0.717) is 18.5 Å². The van der Waals surface area contributed by atoms with Crippen LogP contribution >= 0.6 is 11.6 Å². The lowest BCUT2D eigenvalue weighted by Gasteiger charge is -2.34. The van der Waals surface area contributed by atoms with Gasteiger partial charge in [0.25, 0.3) is 0 Å². The lowest BCUT2D eigenvalue weighted by molar-refractivity contribution is -0.141. The molecule has 0 saturated carbocycles. The second-order valence-corrected chi connectivity index (χ2v) is 6.94. The molecule has 1 N–H and O–H groups in total. The Kier molecular flexibility index (Phi) is 5.23. The molecule has 1 aromatic carbocycles. The van der Waals surface area contributed by atoms with Crippen LogP contribution in [0, 0.1) is 5.82 Å². The number of likely N-dealkylation sites (tertiary alicyclic amines) is 1. The number of benzene rings is 1. The molecule has 26 heavy (non-hydrogen) atoms. The van der Waals surface area contributed by atoms with E-state index in [2.05, 4.69) is 10.3 Å². The molecule has 1 saturated heterocycles. The topological polar surface area (TPSA) is 62.3 Å². The first-order valence-corrected chi connectivity index (χ1v) is 8.69. The van der Waals surface area contributed by atoms with Crippen molar-refractivity contribution in [2.45, 2.75) is 38.4 Å². The van der Waals surface area contributed by atoms with Crippen molar-refractivity contribution in [2.24, 2.45) is 0 Å². The van der Waals surface area contributed by atoms with E-state index in [1.54, 1.807) is 25.4 Å². The summed E-state index contributed by atoms with van der Waals surface area (Å²) in [7, 11) is 0. The number of halogens is 2. The Morgan fingerprint density at radius 3 is 2.92 bits per heavy atom. The van der Waals surface area contributed by atoms with E-state index >= 15 is 0 Å². The third-order valence-electron chi connectivity index (χ3n) is 4.73. The number of hydrogen-bond donors (Lipinski definition) is 1. The van der Waals surface area contributed by atoms with Crippen molar-refractivity contribution < 1.29 is 14.0 Å². The molecule has 3 rings (SSSR count). The summed E-state index contributed by atoms with van der Waals surface area (Å²) in [6.45, 7) is 2.24. The standard InChI is InChI=1S/C19H19ClFN3O2/c1-19(18(26)23-11-13-3-2-8-22-10-13)7-6-17(25)24(19)12-14-4-5-15(21)9-16(14)20/h2-5,8-10H,6-7,11-12H2,1H3,(H,23,26)/t19-/m0/s1. The van der Waals surface area contributed by atoms with Crippen molar-refractivity contribution >= 4 is 23.4 Å². The van der Waals surface area contributed by atoms with Crippen LogP contribution in [0.25, 0.3) is 0 Å². The number of nitrogens with zero attached hydrogens (tertiary/aromatic N) is 2. The molecule has 0 radical (unpaired) electrons. The van der Waals surface area contributed by atoms with Gasteiger partial charge in [-0.3, -0.25) is 14.6 Å². The molecular formula is C19H19ClFN3O2. The first-order valence-electron chi connectivity index (χ1n) is 8.32. The Labute approximate surface area is 156 Å². The zero-order valence-electron chi connectivity index (χ0n) is 14.3. The highest BCUT2D eigenvalue weighted by Crippen LogP contribution is 2.33. The quantitative estimate of drug-likeness (QED) is 0.873. The maximum Gasteiger partial charge on any atom is 0.245 e. The number of carbonyl (C=O) groups excluding carboxylic acids is 2. The highest BCUT2D eigenvalue weighted by molar-refractivity contribution is 6.31. The molecule has 7 heteroatoms. The maximum atomic E-state index is 13.2. The Morgan fingerprint density at radius 2 is 2.23 bits per heavy atom. The average Bonchev–Trinajstić information content (AvgIpc) is 2.92. The predicted molar refractivity (Wildman–Crippen MR) is 95.7 cm³/mol. The molecule has 2 amide bonds. The fourth-order valence-electron chi connectivity index (χ4n) is 3.09. The highest BCUT2D eigenvalue weighted by Gasteiger charge is 2.47. The van der Waals surface area contributed by atoms with Crippen molar-refractivity contribution in [1.82, 2.24) is 15.2 Å². The largest absolute Gasteiger partial charge is 0.350 e. The van der Waals surface area contributed by atoms with Crippen molar-refractivity contribution in [3.05, 3.63) is 64.7 Å². The second-order valence-electron chi connectivity index (χ2n) is 6.53. The number of hydrogen-bond acceptors (Lipinski definition) is 3. The Morgan fingerprint density at radius 1 is 1.42 bits per heavy atom. The fraction of sp³-hybridized carbons (Fsp3) is 0.316. The molecule has 1 aromatic heterocycles. The molecule has 1 atom stereocenters. The Balaban J connectivity index is 1.75. The van der Waals surface area contributed by atoms with Gasteiger partial charge in [0.15, 0.2) is 0 Å². The van der Waals surface area contributed by atoms with Crippen LogP contribution in [0.15, 0.2) is 42.7 Å². The summed E-state index contributed by atoms with van der Waals surface area (Å²) in [5, 5.41) is 3.11. The Bertz CT molecular complexity index is 831. The summed E-state index contributed by atoms with van der Waals surface area (Å²) in [5.41, 5.74) is 0.508. The fourth-order valence-corrected chi connectivity index (χ4v) is 3.32. The van der Waals surface area contributed by atoms with E-state index in [1.165, 1.54) is 23.1 Å². The van der Waals surface area contributed by atoms with Crippen molar-refractivity contribution in [1.29, 1.82) is 0 Å². The van der Waals surface area contributed by atoms with Crippen LogP contribution in [-0.2, 0) is 22.7 Å². The molecular weight excluding hydrogens is 357 g/mol. The first kappa shape index (κ1) is 18.3. The van der Waals surface area contributed by atoms with Crippen LogP contribution < -0.4 is 5.32 Å². The van der Waals surface area contributed by atoms with Gasteiger partial charge >= 0.3 is 0 Å². The minimum absolute atomic E-state index is 0.121. The molecule has 5 nitrogen and oxygen atoms in total. The minimum Gasteiger partial charge on any atom is -0.350 e. The van der Waals surface area contributed by atoms with Crippen LogP contribution in [0.4, 0.5) is 4.39 Å². The molecule has 136 valence electrons. The first-order chi connectivity index (χ1) is 12.4. The smallest absolute Gasteiger partial charge is 0.245 e. The van der Waals surface area contributed by atoms with Gasteiger partial charge in [0.1, 0.15) is 11.4 Å². The molecule has 1 fully saturated rings. The van der Waals surface area contributed by atoms with Gasteiger partial charge in [0.2, 0.25) is 11.8 Å². The van der Waals surface area contributed by atoms with E-state index in [1.807, 2.05) is 6.07 Å². The van der Waals surface area contributed by atoms with E-state index in [-0.39, 0.29) is 29.8 Å². The monoisotopic (exact) mass is 375 g/mol. The summed E-state index contributed by atoms with van der Waals surface area (Å²) >= 11 is 6.08. The number of carbonyl (C=O) groups is 2. The summed E-state index contributed by atoms with van der Waals surface area (Å²) in [5.74, 6) is -0.793. The average molecular weight is 376 g/mol. The van der Waals surface area contributed by atoms with Crippen LogP contribution in [-0.4, -0.2) is 27.2 Å². The third kappa shape index (κ3) is 3.70. The minimum atomic E-state index is -0.975. The van der Waals surface area contributed by atoms with Gasteiger partial charge in [-0.2, -0.15) is 0 Å². The molecule has 2 heterocycles. The summed E-state index contributed by atoms with van der Waals surface area (Å²) in [4.78, 5) is 30.7. The third-order valence-corrected chi connectivity index (χ3v) is 5.08. The van der Waals surface area contributed by atoms with Crippen LogP contribution in [0.5, 0.6) is 0 Å². The van der Waals surface area contributed by atoms with Crippen LogP contribution in [0.3, 0.4) is 0 Å². The number of aromatic nitrogens is 1. The van der Waals surface area contributed by atoms with Gasteiger partial charge < -0.3 is 10.2 Å². The van der Waals surface area contributed by atoms with E-state index in [9.17, 15) is 14.0 Å². The molecule has 0 aliphatic carbocycles. The van der Waals surface area contributed by atoms with Gasteiger partial charge in [-0.05, 0) is 42.7 Å². The van der Waals surface area contributed by atoms with Gasteiger partial charge in [0, 0.05) is 36.9 Å². The van der Waals surface area contributed by atoms with E-state index < -0.39 is 11.4 Å². The maximum absolute atomic E-state index is 13.2. The van der Waals surface area contributed by atoms with Gasteiger partial charge in [-0.1, -0.05) is 23.7 Å². The lowest BCUT2D eigenvalue weighted by Crippen LogP contribution is -2.53. The van der Waals surface area contributed by atoms with Crippen molar-refractivity contribution in [2.75, 3.05) is 0 Å². The lowest BCUT2D eigenvalue weighted by atomic mass is 9.97. The number of pyridine rings is 1. The van der Waals surface area contributed by atoms with E-state index in [4.69, 9.17) is 11.6 Å². The number of rotatable bonds is 5. The highest BCUT2D eigenvalue weighted by atomic mass is 35.5. The SMILES string of the molecule is C[C@@]1(C(=O)NCc2cccnc2)CCC(=O)N1Cc1ccc(F)cc1Cl. The van der Waals surface area contributed by atoms with Gasteiger partial charge in [-0.25, -0.2) is 4.39 Å². The number of nitrogens with one attached hydrogen (secondary N) is 1. The van der Waals surface area contributed by atoms with Crippen molar-refractivity contribution in [3.63, 3.8) is 0 Å². The van der Waals surface area contributed by atoms with Crippen molar-refractivity contribution in [3.8, 4) is 0 Å². The summed E-state index contributed by atoms with van der Waals surface area (Å²) in [6.07, 6.45) is 4.05. The molecule has 0 spiro atoms. The molecule has 1 aliphatic heterocycles. The zero-order chi connectivity index (χ0) is 18.7. The summed E-state index contributed by atoms with van der Waals surface area (Å²) in [6, 6.07) is 7.70. The summed E-state index contributed by atoms with van der Waals surface area (Å²) < 4.78 is 13.2.